The Balaban J connectivity index is 1.97. The molecule has 0 unspecified atom stereocenters. The summed E-state index contributed by atoms with van der Waals surface area (Å²) >= 11 is 12.2. The Labute approximate surface area is 222 Å². The SMILES string of the molecule is C=C/C=C\C1=C(C)NC(=O)[C@]12C[C@@H](C#N)N(C(=O)[C@H](CC(C)C)N(C)C(=O)c1cc(Cl)cc(Cl)c1)C2. The van der Waals surface area contributed by atoms with Crippen molar-refractivity contribution in [1.29, 1.82) is 5.26 Å². The second-order valence-electron chi connectivity index (χ2n) is 9.70. The maximum Gasteiger partial charge on any atom is 0.254 e. The number of carbonyl (C=O) groups excluding carboxylic acids is 3. The summed E-state index contributed by atoms with van der Waals surface area (Å²) in [6, 6.07) is 5.06. The van der Waals surface area contributed by atoms with Crippen LogP contribution in [0.1, 0.15) is 44.0 Å². The van der Waals surface area contributed by atoms with Crippen LogP contribution in [0.3, 0.4) is 0 Å². The zero-order valence-corrected chi connectivity index (χ0v) is 22.4. The molecule has 2 aliphatic rings. The number of likely N-dealkylation sites (N-methyl/N-ethyl adjacent to an activating group) is 1. The van der Waals surface area contributed by atoms with Gasteiger partial charge in [0.15, 0.2) is 0 Å². The van der Waals surface area contributed by atoms with Gasteiger partial charge in [-0.1, -0.05) is 61.9 Å². The first-order chi connectivity index (χ1) is 16.9. The Morgan fingerprint density at radius 3 is 2.53 bits per heavy atom. The Bertz CT molecular complexity index is 1180. The molecule has 36 heavy (non-hydrogen) atoms. The number of allylic oxidation sites excluding steroid dienone is 4. The number of hydrogen-bond acceptors (Lipinski definition) is 4. The lowest BCUT2D eigenvalue weighted by atomic mass is 9.78. The molecule has 1 saturated heterocycles. The minimum atomic E-state index is -1.04. The molecule has 9 heteroatoms. The largest absolute Gasteiger partial charge is 0.330 e. The number of nitrogens with zero attached hydrogens (tertiary/aromatic N) is 3. The van der Waals surface area contributed by atoms with Crippen molar-refractivity contribution in [2.24, 2.45) is 11.3 Å². The van der Waals surface area contributed by atoms with Crippen LogP contribution in [0.25, 0.3) is 0 Å². The molecule has 0 aliphatic carbocycles. The van der Waals surface area contributed by atoms with Gasteiger partial charge >= 0.3 is 0 Å². The Morgan fingerprint density at radius 2 is 1.97 bits per heavy atom. The normalized spacial score (nSPS) is 22.3. The summed E-state index contributed by atoms with van der Waals surface area (Å²) in [5.41, 5.74) is 0.650. The van der Waals surface area contributed by atoms with Crippen molar-refractivity contribution in [2.45, 2.75) is 45.7 Å². The summed E-state index contributed by atoms with van der Waals surface area (Å²) in [5, 5.41) is 13.4. The predicted molar refractivity (Wildman–Crippen MR) is 140 cm³/mol. The van der Waals surface area contributed by atoms with E-state index in [4.69, 9.17) is 23.2 Å². The molecular weight excluding hydrogens is 499 g/mol. The third kappa shape index (κ3) is 5.21. The van der Waals surface area contributed by atoms with Crippen molar-refractivity contribution in [3.63, 3.8) is 0 Å². The van der Waals surface area contributed by atoms with Crippen LogP contribution in [0, 0.1) is 22.7 Å². The van der Waals surface area contributed by atoms with Crippen LogP contribution in [0.2, 0.25) is 10.0 Å². The molecule has 1 N–H and O–H groups in total. The summed E-state index contributed by atoms with van der Waals surface area (Å²) in [6.45, 7) is 9.44. The number of carbonyl (C=O) groups is 3. The molecule has 0 radical (unpaired) electrons. The van der Waals surface area contributed by atoms with Gasteiger partial charge < -0.3 is 15.1 Å². The van der Waals surface area contributed by atoms with Crippen molar-refractivity contribution in [1.82, 2.24) is 15.1 Å². The van der Waals surface area contributed by atoms with Gasteiger partial charge in [0.1, 0.15) is 12.1 Å². The first-order valence-electron chi connectivity index (χ1n) is 11.7. The molecule has 0 bridgehead atoms. The summed E-state index contributed by atoms with van der Waals surface area (Å²) in [4.78, 5) is 43.2. The number of likely N-dealkylation sites (tertiary alicyclic amines) is 1. The third-order valence-corrected chi connectivity index (χ3v) is 7.16. The summed E-state index contributed by atoms with van der Waals surface area (Å²) in [6.07, 6.45) is 5.69. The van der Waals surface area contributed by atoms with E-state index in [1.165, 1.54) is 28.0 Å². The zero-order chi connectivity index (χ0) is 26.8. The van der Waals surface area contributed by atoms with E-state index in [0.29, 0.717) is 22.2 Å². The van der Waals surface area contributed by atoms with Crippen LogP contribution in [-0.2, 0) is 9.59 Å². The first-order valence-corrected chi connectivity index (χ1v) is 12.5. The van der Waals surface area contributed by atoms with Crippen molar-refractivity contribution in [3.8, 4) is 6.07 Å². The monoisotopic (exact) mass is 528 g/mol. The number of benzene rings is 1. The van der Waals surface area contributed by atoms with Gasteiger partial charge in [0.2, 0.25) is 11.8 Å². The van der Waals surface area contributed by atoms with Crippen molar-refractivity contribution in [2.75, 3.05) is 13.6 Å². The lowest BCUT2D eigenvalue weighted by molar-refractivity contribution is -0.137. The van der Waals surface area contributed by atoms with E-state index in [1.54, 1.807) is 32.2 Å². The quantitative estimate of drug-likeness (QED) is 0.517. The van der Waals surface area contributed by atoms with E-state index in [9.17, 15) is 19.6 Å². The molecule has 3 atom stereocenters. The standard InChI is InChI=1S/C27H30Cl2N4O3/c1-6-7-8-22-17(4)31-26(36)27(22)13-21(14-30)33(15-27)25(35)23(9-16(2)3)32(5)24(34)18-10-19(28)12-20(29)11-18/h6-8,10-12,16,21,23H,1,9,13,15H2,2-5H3,(H,31,36)/b8-7-/t21-,23-,27-/m0/s1. The second kappa shape index (κ2) is 10.9. The molecule has 1 fully saturated rings. The number of halogens is 2. The highest BCUT2D eigenvalue weighted by Crippen LogP contribution is 2.46. The predicted octanol–water partition coefficient (Wildman–Crippen LogP) is 4.74. The molecular formula is C27H30Cl2N4O3. The third-order valence-electron chi connectivity index (χ3n) is 6.72. The first kappa shape index (κ1) is 27.5. The summed E-state index contributed by atoms with van der Waals surface area (Å²) < 4.78 is 0. The Kier molecular flexibility index (Phi) is 8.33. The molecule has 1 spiro atoms. The van der Waals surface area contributed by atoms with Crippen molar-refractivity contribution >= 4 is 40.9 Å². The summed E-state index contributed by atoms with van der Waals surface area (Å²) in [5.74, 6) is -0.944. The Hall–Kier alpha value is -3.08. The van der Waals surface area contributed by atoms with Gasteiger partial charge in [0.25, 0.3) is 5.91 Å². The fraction of sp³-hybridized carbons (Fsp3) is 0.407. The minimum Gasteiger partial charge on any atom is -0.330 e. The van der Waals surface area contributed by atoms with Gasteiger partial charge in [-0.3, -0.25) is 14.4 Å². The van der Waals surface area contributed by atoms with Gasteiger partial charge in [-0.25, -0.2) is 0 Å². The average Bonchev–Trinajstić information content (AvgIpc) is 3.31. The molecule has 0 saturated carbocycles. The zero-order valence-electron chi connectivity index (χ0n) is 20.8. The lowest BCUT2D eigenvalue weighted by Gasteiger charge is -2.33. The molecule has 7 nitrogen and oxygen atoms in total. The molecule has 1 aromatic rings. The molecule has 2 aliphatic heterocycles. The lowest BCUT2D eigenvalue weighted by Crippen LogP contribution is -2.51. The van der Waals surface area contributed by atoms with E-state index in [2.05, 4.69) is 18.0 Å². The Morgan fingerprint density at radius 1 is 1.33 bits per heavy atom. The van der Waals surface area contributed by atoms with Crippen LogP contribution in [0.4, 0.5) is 0 Å². The number of hydrogen-bond donors (Lipinski definition) is 1. The molecule has 0 aromatic heterocycles. The molecule has 3 rings (SSSR count). The number of amides is 3. The van der Waals surface area contributed by atoms with E-state index in [0.717, 1.165) is 5.57 Å². The maximum absolute atomic E-state index is 14.0. The van der Waals surface area contributed by atoms with Crippen LogP contribution in [-0.4, -0.2) is 53.2 Å². The van der Waals surface area contributed by atoms with Gasteiger partial charge in [0, 0.05) is 41.3 Å². The molecule has 1 aromatic carbocycles. The van der Waals surface area contributed by atoms with Crippen LogP contribution >= 0.6 is 23.2 Å². The van der Waals surface area contributed by atoms with Crippen LogP contribution in [0.15, 0.2) is 54.3 Å². The molecule has 2 heterocycles. The van der Waals surface area contributed by atoms with E-state index in [-0.39, 0.29) is 36.3 Å². The molecule has 3 amide bonds. The molecule has 190 valence electrons. The van der Waals surface area contributed by atoms with Crippen molar-refractivity contribution in [3.05, 3.63) is 69.9 Å². The smallest absolute Gasteiger partial charge is 0.254 e. The van der Waals surface area contributed by atoms with Gasteiger partial charge in [-0.2, -0.15) is 5.26 Å². The minimum absolute atomic E-state index is 0.0453. The highest BCUT2D eigenvalue weighted by atomic mass is 35.5. The number of nitriles is 1. The van der Waals surface area contributed by atoms with Crippen LogP contribution in [0.5, 0.6) is 0 Å². The van der Waals surface area contributed by atoms with Gasteiger partial charge in [0.05, 0.1) is 11.5 Å². The fourth-order valence-electron chi connectivity index (χ4n) is 4.98. The van der Waals surface area contributed by atoms with E-state index < -0.39 is 23.4 Å². The van der Waals surface area contributed by atoms with E-state index >= 15 is 0 Å². The van der Waals surface area contributed by atoms with Gasteiger partial charge in [-0.15, -0.1) is 0 Å². The maximum atomic E-state index is 14.0. The van der Waals surface area contributed by atoms with Crippen LogP contribution < -0.4 is 5.32 Å². The number of nitrogens with one attached hydrogen (secondary N) is 1. The van der Waals surface area contributed by atoms with E-state index in [1.807, 2.05) is 13.8 Å². The highest BCUT2D eigenvalue weighted by molar-refractivity contribution is 6.35. The average molecular weight is 529 g/mol. The van der Waals surface area contributed by atoms with Gasteiger partial charge in [-0.05, 0) is 43.0 Å². The number of rotatable bonds is 7. The fourth-order valence-corrected chi connectivity index (χ4v) is 5.51. The highest BCUT2D eigenvalue weighted by Gasteiger charge is 2.56. The topological polar surface area (TPSA) is 93.5 Å². The summed E-state index contributed by atoms with van der Waals surface area (Å²) in [7, 11) is 1.56. The second-order valence-corrected chi connectivity index (χ2v) is 10.6. The van der Waals surface area contributed by atoms with Crippen molar-refractivity contribution < 1.29 is 14.4 Å².